The number of ether oxygens (including phenoxy) is 3. The van der Waals surface area contributed by atoms with Gasteiger partial charge in [0.05, 0.1) is 16.8 Å². The molecule has 0 atom stereocenters. The smallest absolute Gasteiger partial charge is 0.252 e. The lowest BCUT2D eigenvalue weighted by Gasteiger charge is -2.20. The van der Waals surface area contributed by atoms with Crippen molar-refractivity contribution in [2.75, 3.05) is 45.5 Å². The van der Waals surface area contributed by atoms with Crippen LogP contribution in [0.2, 0.25) is 0 Å². The zero-order chi connectivity index (χ0) is 21.8. The van der Waals surface area contributed by atoms with Crippen molar-refractivity contribution >= 4 is 38.7 Å². The van der Waals surface area contributed by atoms with Crippen molar-refractivity contribution in [1.82, 2.24) is 9.88 Å². The number of benzene rings is 2. The molecule has 1 aromatic heterocycles. The highest BCUT2D eigenvalue weighted by molar-refractivity contribution is 7.22. The van der Waals surface area contributed by atoms with E-state index in [1.165, 1.54) is 11.3 Å². The van der Waals surface area contributed by atoms with Gasteiger partial charge in [-0.25, -0.2) is 4.98 Å². The van der Waals surface area contributed by atoms with Crippen molar-refractivity contribution in [3.05, 3.63) is 48.0 Å². The summed E-state index contributed by atoms with van der Waals surface area (Å²) < 4.78 is 17.3. The second-order valence-electron chi connectivity index (χ2n) is 7.30. The van der Waals surface area contributed by atoms with E-state index >= 15 is 0 Å². The van der Waals surface area contributed by atoms with Gasteiger partial charge in [0.2, 0.25) is 6.79 Å². The summed E-state index contributed by atoms with van der Waals surface area (Å²) >= 11 is 1.49. The van der Waals surface area contributed by atoms with Crippen molar-refractivity contribution in [2.45, 2.75) is 6.92 Å². The van der Waals surface area contributed by atoms with Gasteiger partial charge in [-0.3, -0.25) is 9.69 Å². The first-order valence-electron chi connectivity index (χ1n) is 10.1. The highest BCUT2D eigenvalue weighted by Gasteiger charge is 2.19. The Hall–Kier alpha value is -3.10. The van der Waals surface area contributed by atoms with E-state index in [1.807, 2.05) is 62.3 Å². The first kappa shape index (κ1) is 21.1. The van der Waals surface area contributed by atoms with Crippen LogP contribution >= 0.6 is 11.3 Å². The summed E-state index contributed by atoms with van der Waals surface area (Å²) in [6, 6.07) is 11.4. The Morgan fingerprint density at radius 3 is 2.81 bits per heavy atom. The molecule has 162 valence electrons. The maximum atomic E-state index is 13.1. The summed E-state index contributed by atoms with van der Waals surface area (Å²) in [5.41, 5.74) is 1.72. The Morgan fingerprint density at radius 2 is 2.00 bits per heavy atom. The molecule has 8 heteroatoms. The molecule has 7 nitrogen and oxygen atoms in total. The Kier molecular flexibility index (Phi) is 6.39. The van der Waals surface area contributed by atoms with Gasteiger partial charge in [0.1, 0.15) is 5.75 Å². The summed E-state index contributed by atoms with van der Waals surface area (Å²) in [6.45, 7) is 4.05. The Labute approximate surface area is 185 Å². The van der Waals surface area contributed by atoms with E-state index in [2.05, 4.69) is 0 Å². The molecule has 0 spiro atoms. The molecule has 1 aliphatic heterocycles. The summed E-state index contributed by atoms with van der Waals surface area (Å²) in [6.07, 6.45) is 3.36. The normalized spacial score (nSPS) is 12.8. The molecule has 2 heterocycles. The minimum atomic E-state index is -0.122. The quantitative estimate of drug-likeness (QED) is 0.494. The summed E-state index contributed by atoms with van der Waals surface area (Å²) in [7, 11) is 3.97. The van der Waals surface area contributed by atoms with Crippen molar-refractivity contribution in [3.63, 3.8) is 0 Å². The third kappa shape index (κ3) is 4.98. The average Bonchev–Trinajstić information content (AvgIpc) is 3.38. The zero-order valence-electron chi connectivity index (χ0n) is 17.8. The molecular formula is C23H25N3O4S. The molecule has 0 bridgehead atoms. The number of likely N-dealkylation sites (N-methyl/N-ethyl adjacent to an activating group) is 1. The van der Waals surface area contributed by atoms with Gasteiger partial charge in [0, 0.05) is 19.2 Å². The lowest BCUT2D eigenvalue weighted by Crippen LogP contribution is -2.35. The SMILES string of the molecule is CCOc1ccc2nc(N(CCN(C)C)C(=O)C=Cc3ccc4c(c3)OCO4)sc2c1. The van der Waals surface area contributed by atoms with Crippen LogP contribution in [0.25, 0.3) is 16.3 Å². The fourth-order valence-corrected chi connectivity index (χ4v) is 4.16. The number of anilines is 1. The van der Waals surface area contributed by atoms with Crippen molar-refractivity contribution < 1.29 is 19.0 Å². The number of nitrogens with zero attached hydrogens (tertiary/aromatic N) is 3. The number of rotatable bonds is 8. The van der Waals surface area contributed by atoms with Crippen LogP contribution in [0, 0.1) is 0 Å². The van der Waals surface area contributed by atoms with Gasteiger partial charge in [-0.05, 0) is 63.0 Å². The molecular weight excluding hydrogens is 414 g/mol. The molecule has 0 saturated carbocycles. The number of thiazole rings is 1. The first-order chi connectivity index (χ1) is 15.0. The third-order valence-corrected chi connectivity index (χ3v) is 5.78. The van der Waals surface area contributed by atoms with E-state index in [4.69, 9.17) is 19.2 Å². The van der Waals surface area contributed by atoms with E-state index in [0.29, 0.717) is 24.0 Å². The molecule has 0 saturated heterocycles. The predicted molar refractivity (Wildman–Crippen MR) is 123 cm³/mol. The average molecular weight is 440 g/mol. The van der Waals surface area contributed by atoms with Crippen molar-refractivity contribution in [1.29, 1.82) is 0 Å². The Bertz CT molecular complexity index is 1110. The van der Waals surface area contributed by atoms with Crippen LogP contribution in [-0.2, 0) is 4.79 Å². The molecule has 2 aromatic carbocycles. The van der Waals surface area contributed by atoms with Gasteiger partial charge >= 0.3 is 0 Å². The number of carbonyl (C=O) groups excluding carboxylic acids is 1. The second-order valence-corrected chi connectivity index (χ2v) is 8.31. The summed E-state index contributed by atoms with van der Waals surface area (Å²) in [5, 5.41) is 0.672. The molecule has 1 amide bonds. The maximum Gasteiger partial charge on any atom is 0.252 e. The monoisotopic (exact) mass is 439 g/mol. The lowest BCUT2D eigenvalue weighted by atomic mass is 10.2. The van der Waals surface area contributed by atoms with Gasteiger partial charge < -0.3 is 19.1 Å². The molecule has 3 aromatic rings. The van der Waals surface area contributed by atoms with Crippen LogP contribution in [-0.4, -0.2) is 56.4 Å². The van der Waals surface area contributed by atoms with Crippen LogP contribution in [0.1, 0.15) is 12.5 Å². The molecule has 0 fully saturated rings. The number of amides is 1. The largest absolute Gasteiger partial charge is 0.494 e. The van der Waals surface area contributed by atoms with Gasteiger partial charge in [0.15, 0.2) is 16.6 Å². The van der Waals surface area contributed by atoms with Crippen molar-refractivity contribution in [2.24, 2.45) is 0 Å². The first-order valence-corrected chi connectivity index (χ1v) is 10.9. The summed E-state index contributed by atoms with van der Waals surface area (Å²) in [4.78, 5) is 21.6. The predicted octanol–water partition coefficient (Wildman–Crippen LogP) is 4.03. The Balaban J connectivity index is 1.58. The number of aromatic nitrogens is 1. The van der Waals surface area contributed by atoms with Gasteiger partial charge in [0.25, 0.3) is 5.91 Å². The molecule has 31 heavy (non-hydrogen) atoms. The van der Waals surface area contributed by atoms with Crippen LogP contribution in [0.3, 0.4) is 0 Å². The minimum absolute atomic E-state index is 0.122. The molecule has 1 aliphatic rings. The maximum absolute atomic E-state index is 13.1. The third-order valence-electron chi connectivity index (χ3n) is 4.74. The number of carbonyl (C=O) groups is 1. The number of hydrogen-bond donors (Lipinski definition) is 0. The summed E-state index contributed by atoms with van der Waals surface area (Å²) in [5.74, 6) is 2.09. The van der Waals surface area contributed by atoms with E-state index in [1.54, 1.807) is 17.1 Å². The fraction of sp³-hybridized carbons (Fsp3) is 0.304. The minimum Gasteiger partial charge on any atom is -0.494 e. The number of fused-ring (bicyclic) bond motifs is 2. The molecule has 0 radical (unpaired) electrons. The highest BCUT2D eigenvalue weighted by atomic mass is 32.1. The zero-order valence-corrected chi connectivity index (χ0v) is 18.6. The topological polar surface area (TPSA) is 64.1 Å². The second kappa shape index (κ2) is 9.36. The van der Waals surface area contributed by atoms with Crippen LogP contribution < -0.4 is 19.1 Å². The Morgan fingerprint density at radius 1 is 1.16 bits per heavy atom. The van der Waals surface area contributed by atoms with E-state index in [0.717, 1.165) is 33.8 Å². The van der Waals surface area contributed by atoms with Crippen LogP contribution in [0.15, 0.2) is 42.5 Å². The van der Waals surface area contributed by atoms with E-state index in [-0.39, 0.29) is 12.7 Å². The van der Waals surface area contributed by atoms with Crippen LogP contribution in [0.5, 0.6) is 17.2 Å². The molecule has 0 aliphatic carbocycles. The fourth-order valence-electron chi connectivity index (χ4n) is 3.14. The van der Waals surface area contributed by atoms with Gasteiger partial charge in [-0.2, -0.15) is 0 Å². The van der Waals surface area contributed by atoms with Crippen LogP contribution in [0.4, 0.5) is 5.13 Å². The standard InChI is InChI=1S/C23H25N3O4S/c1-4-28-17-7-8-18-21(14-17)31-23(24-18)26(12-11-25(2)3)22(27)10-6-16-5-9-19-20(13-16)30-15-29-19/h5-10,13-14H,4,11-12,15H2,1-3H3. The molecule has 0 N–H and O–H groups in total. The number of hydrogen-bond acceptors (Lipinski definition) is 7. The van der Waals surface area contributed by atoms with E-state index in [9.17, 15) is 4.79 Å². The molecule has 4 rings (SSSR count). The van der Waals surface area contributed by atoms with Gasteiger partial charge in [-0.1, -0.05) is 17.4 Å². The highest BCUT2D eigenvalue weighted by Crippen LogP contribution is 2.33. The lowest BCUT2D eigenvalue weighted by molar-refractivity contribution is -0.114. The van der Waals surface area contributed by atoms with Crippen molar-refractivity contribution in [3.8, 4) is 17.2 Å². The molecule has 0 unspecified atom stereocenters. The van der Waals surface area contributed by atoms with E-state index < -0.39 is 0 Å². The van der Waals surface area contributed by atoms with Gasteiger partial charge in [-0.15, -0.1) is 0 Å².